The Morgan fingerprint density at radius 1 is 1.27 bits per heavy atom. The van der Waals surface area contributed by atoms with Crippen LogP contribution in [-0.2, 0) is 0 Å². The molecule has 1 atom stereocenters. The Hall–Kier alpha value is -1.55. The molecule has 0 saturated heterocycles. The second-order valence-electron chi connectivity index (χ2n) is 6.47. The van der Waals surface area contributed by atoms with Crippen molar-refractivity contribution >= 4 is 6.03 Å². The van der Waals surface area contributed by atoms with Crippen molar-refractivity contribution in [1.82, 2.24) is 10.2 Å². The van der Waals surface area contributed by atoms with Gasteiger partial charge in [0.1, 0.15) is 0 Å². The van der Waals surface area contributed by atoms with E-state index in [4.69, 9.17) is 0 Å². The second kappa shape index (κ2) is 8.18. The Labute approximate surface area is 133 Å². The highest BCUT2D eigenvalue weighted by molar-refractivity contribution is 5.74. The van der Waals surface area contributed by atoms with Crippen LogP contribution < -0.4 is 5.32 Å². The molecule has 2 N–H and O–H groups in total. The molecule has 1 aromatic rings. The van der Waals surface area contributed by atoms with Crippen molar-refractivity contribution < 1.29 is 9.90 Å². The summed E-state index contributed by atoms with van der Waals surface area (Å²) in [7, 11) is 1.79. The van der Waals surface area contributed by atoms with E-state index in [1.54, 1.807) is 18.9 Å². The van der Waals surface area contributed by atoms with Gasteiger partial charge in [-0.1, -0.05) is 30.3 Å². The molecule has 0 aromatic heterocycles. The van der Waals surface area contributed by atoms with E-state index in [-0.39, 0.29) is 18.2 Å². The molecule has 0 aliphatic heterocycles. The molecule has 122 valence electrons. The van der Waals surface area contributed by atoms with Crippen molar-refractivity contribution in [3.8, 4) is 0 Å². The van der Waals surface area contributed by atoms with Crippen molar-refractivity contribution in [2.45, 2.75) is 57.1 Å². The van der Waals surface area contributed by atoms with E-state index in [9.17, 15) is 9.90 Å². The summed E-state index contributed by atoms with van der Waals surface area (Å²) in [6, 6.07) is 10.9. The quantitative estimate of drug-likeness (QED) is 0.878. The number of nitrogens with zero attached hydrogens (tertiary/aromatic N) is 1. The highest BCUT2D eigenvalue weighted by Crippen LogP contribution is 2.32. The zero-order chi connectivity index (χ0) is 15.9. The first-order chi connectivity index (χ1) is 10.6. The van der Waals surface area contributed by atoms with Gasteiger partial charge in [0.15, 0.2) is 0 Å². The maximum atomic E-state index is 12.1. The lowest BCUT2D eigenvalue weighted by Crippen LogP contribution is -2.44. The van der Waals surface area contributed by atoms with E-state index in [1.807, 2.05) is 0 Å². The van der Waals surface area contributed by atoms with Crippen LogP contribution in [0.5, 0.6) is 0 Å². The summed E-state index contributed by atoms with van der Waals surface area (Å²) in [5, 5.41) is 12.4. The number of benzene rings is 1. The first-order valence-electron chi connectivity index (χ1n) is 8.31. The van der Waals surface area contributed by atoms with Gasteiger partial charge in [-0.2, -0.15) is 0 Å². The predicted molar refractivity (Wildman–Crippen MR) is 88.9 cm³/mol. The molecule has 1 fully saturated rings. The molecule has 0 radical (unpaired) electrons. The van der Waals surface area contributed by atoms with Gasteiger partial charge in [-0.3, -0.25) is 0 Å². The molecule has 4 nitrogen and oxygen atoms in total. The molecule has 1 aliphatic carbocycles. The molecule has 4 heteroatoms. The number of carbonyl (C=O) groups is 1. The van der Waals surface area contributed by atoms with Crippen LogP contribution in [0.15, 0.2) is 30.3 Å². The summed E-state index contributed by atoms with van der Waals surface area (Å²) in [5.41, 5.74) is 1.42. The molecule has 2 amide bonds. The van der Waals surface area contributed by atoms with Crippen LogP contribution in [0.4, 0.5) is 4.79 Å². The van der Waals surface area contributed by atoms with Gasteiger partial charge in [0.25, 0.3) is 0 Å². The number of rotatable bonds is 5. The molecule has 0 heterocycles. The molecule has 1 saturated carbocycles. The van der Waals surface area contributed by atoms with E-state index in [1.165, 1.54) is 5.56 Å². The molecule has 1 unspecified atom stereocenters. The number of aliphatic hydroxyl groups is 1. The first kappa shape index (κ1) is 16.8. The Kier molecular flexibility index (Phi) is 6.25. The molecule has 2 rings (SSSR count). The lowest BCUT2D eigenvalue weighted by molar-refractivity contribution is 0.161. The van der Waals surface area contributed by atoms with Crippen LogP contribution in [0.1, 0.15) is 50.5 Å². The number of amides is 2. The average Bonchev–Trinajstić information content (AvgIpc) is 2.54. The van der Waals surface area contributed by atoms with Crippen LogP contribution in [0.2, 0.25) is 0 Å². The third-order valence-corrected chi connectivity index (χ3v) is 4.55. The monoisotopic (exact) mass is 304 g/mol. The Balaban J connectivity index is 1.74. The summed E-state index contributed by atoms with van der Waals surface area (Å²) in [6.07, 6.45) is 4.59. The Morgan fingerprint density at radius 2 is 1.91 bits per heavy atom. The lowest BCUT2D eigenvalue weighted by atomic mass is 9.82. The fourth-order valence-electron chi connectivity index (χ4n) is 3.06. The van der Waals surface area contributed by atoms with E-state index < -0.39 is 0 Å². The van der Waals surface area contributed by atoms with Crippen molar-refractivity contribution in [3.63, 3.8) is 0 Å². The highest BCUT2D eigenvalue weighted by atomic mass is 16.3. The fraction of sp³-hybridized carbons (Fsp3) is 0.611. The van der Waals surface area contributed by atoms with Gasteiger partial charge in [-0.25, -0.2) is 4.79 Å². The molecule has 1 aromatic carbocycles. The smallest absolute Gasteiger partial charge is 0.317 e. The SMILES string of the molecule is CC(O)CCN(C)C(=O)NC1CCC(c2ccccc2)CC1. The average molecular weight is 304 g/mol. The van der Waals surface area contributed by atoms with Crippen molar-refractivity contribution in [2.75, 3.05) is 13.6 Å². The topological polar surface area (TPSA) is 52.6 Å². The molecular formula is C18H28N2O2. The Morgan fingerprint density at radius 3 is 2.50 bits per heavy atom. The van der Waals surface area contributed by atoms with E-state index in [0.29, 0.717) is 18.9 Å². The minimum Gasteiger partial charge on any atom is -0.393 e. The maximum Gasteiger partial charge on any atom is 0.317 e. The molecule has 0 bridgehead atoms. The minimum atomic E-state index is -0.364. The van der Waals surface area contributed by atoms with Crippen LogP contribution in [0, 0.1) is 0 Å². The van der Waals surface area contributed by atoms with Crippen molar-refractivity contribution in [1.29, 1.82) is 0 Å². The van der Waals surface area contributed by atoms with Crippen LogP contribution in [0.25, 0.3) is 0 Å². The standard InChI is InChI=1S/C18H28N2O2/c1-14(21)12-13-20(2)18(22)19-17-10-8-16(9-11-17)15-6-4-3-5-7-15/h3-7,14,16-17,21H,8-13H2,1-2H3,(H,19,22). The largest absolute Gasteiger partial charge is 0.393 e. The third-order valence-electron chi connectivity index (χ3n) is 4.55. The summed E-state index contributed by atoms with van der Waals surface area (Å²) in [4.78, 5) is 13.8. The van der Waals surface area contributed by atoms with Crippen LogP contribution in [-0.4, -0.2) is 41.8 Å². The summed E-state index contributed by atoms with van der Waals surface area (Å²) < 4.78 is 0. The molecule has 1 aliphatic rings. The third kappa shape index (κ3) is 5.02. The number of nitrogens with one attached hydrogen (secondary N) is 1. The predicted octanol–water partition coefficient (Wildman–Crippen LogP) is 3.13. The van der Waals surface area contributed by atoms with Gasteiger partial charge < -0.3 is 15.3 Å². The van der Waals surface area contributed by atoms with Gasteiger partial charge in [0, 0.05) is 19.6 Å². The Bertz CT molecular complexity index is 453. The highest BCUT2D eigenvalue weighted by Gasteiger charge is 2.24. The van der Waals surface area contributed by atoms with Crippen LogP contribution in [0.3, 0.4) is 0 Å². The van der Waals surface area contributed by atoms with Crippen molar-refractivity contribution in [3.05, 3.63) is 35.9 Å². The first-order valence-corrected chi connectivity index (χ1v) is 8.31. The number of hydrogen-bond donors (Lipinski definition) is 2. The fourth-order valence-corrected chi connectivity index (χ4v) is 3.06. The summed E-state index contributed by atoms with van der Waals surface area (Å²) >= 11 is 0. The normalized spacial score (nSPS) is 22.9. The molecule has 22 heavy (non-hydrogen) atoms. The maximum absolute atomic E-state index is 12.1. The number of carbonyl (C=O) groups excluding carboxylic acids is 1. The van der Waals surface area contributed by atoms with Crippen LogP contribution >= 0.6 is 0 Å². The van der Waals surface area contributed by atoms with E-state index in [2.05, 4.69) is 35.6 Å². The number of aliphatic hydroxyl groups excluding tert-OH is 1. The minimum absolute atomic E-state index is 0.0242. The van der Waals surface area contributed by atoms with Gasteiger partial charge in [0.05, 0.1) is 6.10 Å². The summed E-state index contributed by atoms with van der Waals surface area (Å²) in [5.74, 6) is 0.627. The van der Waals surface area contributed by atoms with Gasteiger partial charge >= 0.3 is 6.03 Å². The van der Waals surface area contributed by atoms with Gasteiger partial charge in [-0.05, 0) is 50.5 Å². The number of hydrogen-bond acceptors (Lipinski definition) is 2. The lowest BCUT2D eigenvalue weighted by Gasteiger charge is -2.31. The zero-order valence-corrected chi connectivity index (χ0v) is 13.7. The summed E-state index contributed by atoms with van der Waals surface area (Å²) in [6.45, 7) is 2.33. The second-order valence-corrected chi connectivity index (χ2v) is 6.47. The molecular weight excluding hydrogens is 276 g/mol. The van der Waals surface area contributed by atoms with Gasteiger partial charge in [-0.15, -0.1) is 0 Å². The zero-order valence-electron chi connectivity index (χ0n) is 13.7. The molecule has 0 spiro atoms. The van der Waals surface area contributed by atoms with Gasteiger partial charge in [0.2, 0.25) is 0 Å². The number of urea groups is 1. The van der Waals surface area contributed by atoms with E-state index in [0.717, 1.165) is 25.7 Å². The van der Waals surface area contributed by atoms with Crippen molar-refractivity contribution in [2.24, 2.45) is 0 Å². The van der Waals surface area contributed by atoms with E-state index >= 15 is 0 Å².